The van der Waals surface area contributed by atoms with E-state index in [4.69, 9.17) is 21.1 Å². The number of rotatable bonds is 6. The summed E-state index contributed by atoms with van der Waals surface area (Å²) in [5.74, 6) is 0.142. The van der Waals surface area contributed by atoms with Crippen molar-refractivity contribution in [3.63, 3.8) is 0 Å². The predicted molar refractivity (Wildman–Crippen MR) is 94.9 cm³/mol. The average molecular weight is 363 g/mol. The number of nitrogens with one attached hydrogen (secondary N) is 2. The van der Waals surface area contributed by atoms with Gasteiger partial charge in [-0.2, -0.15) is 0 Å². The van der Waals surface area contributed by atoms with Crippen molar-refractivity contribution in [1.82, 2.24) is 10.9 Å². The number of carbonyl (C=O) groups excluding carboxylic acids is 2. The molecular formula is C18H19ClN2O4. The Morgan fingerprint density at radius 2 is 1.76 bits per heavy atom. The number of amides is 2. The van der Waals surface area contributed by atoms with Crippen LogP contribution in [0.15, 0.2) is 42.5 Å². The van der Waals surface area contributed by atoms with Gasteiger partial charge in [0, 0.05) is 5.56 Å². The van der Waals surface area contributed by atoms with Gasteiger partial charge in [-0.3, -0.25) is 20.4 Å². The molecule has 0 aliphatic rings. The number of halogens is 1. The van der Waals surface area contributed by atoms with Crippen LogP contribution in [0.1, 0.15) is 22.8 Å². The summed E-state index contributed by atoms with van der Waals surface area (Å²) in [7, 11) is 0. The van der Waals surface area contributed by atoms with Crippen LogP contribution in [-0.2, 0) is 4.79 Å². The highest BCUT2D eigenvalue weighted by molar-refractivity contribution is 6.32. The van der Waals surface area contributed by atoms with Crippen LogP contribution in [0.5, 0.6) is 11.5 Å². The predicted octanol–water partition coefficient (Wildman–Crippen LogP) is 2.89. The molecule has 0 saturated carbocycles. The maximum atomic E-state index is 12.0. The highest BCUT2D eigenvalue weighted by atomic mass is 35.5. The lowest BCUT2D eigenvalue weighted by Crippen LogP contribution is -2.43. The zero-order valence-electron chi connectivity index (χ0n) is 14.0. The first kappa shape index (κ1) is 18.6. The molecule has 2 aromatic rings. The van der Waals surface area contributed by atoms with E-state index >= 15 is 0 Å². The topological polar surface area (TPSA) is 76.7 Å². The largest absolute Gasteiger partial charge is 0.494 e. The maximum absolute atomic E-state index is 12.0. The van der Waals surface area contributed by atoms with E-state index in [2.05, 4.69) is 10.9 Å². The molecule has 0 atom stereocenters. The summed E-state index contributed by atoms with van der Waals surface area (Å²) >= 11 is 5.99. The van der Waals surface area contributed by atoms with E-state index in [0.717, 1.165) is 5.56 Å². The minimum absolute atomic E-state index is 0.271. The third-order valence-corrected chi connectivity index (χ3v) is 3.50. The van der Waals surface area contributed by atoms with Gasteiger partial charge in [-0.25, -0.2) is 0 Å². The number of hydrogen-bond acceptors (Lipinski definition) is 4. The van der Waals surface area contributed by atoms with Gasteiger partial charge in [0.05, 0.1) is 11.6 Å². The van der Waals surface area contributed by atoms with Crippen LogP contribution in [0, 0.1) is 6.92 Å². The second-order valence-corrected chi connectivity index (χ2v) is 5.59. The molecule has 25 heavy (non-hydrogen) atoms. The van der Waals surface area contributed by atoms with Crippen molar-refractivity contribution >= 4 is 23.4 Å². The third kappa shape index (κ3) is 5.69. The molecule has 2 amide bonds. The molecule has 0 radical (unpaired) electrons. The molecule has 0 unspecified atom stereocenters. The fourth-order valence-corrected chi connectivity index (χ4v) is 2.14. The number of hydrazine groups is 1. The zero-order chi connectivity index (χ0) is 18.2. The Morgan fingerprint density at radius 1 is 1.04 bits per heavy atom. The highest BCUT2D eigenvalue weighted by Crippen LogP contribution is 2.24. The van der Waals surface area contributed by atoms with Crippen molar-refractivity contribution in [2.75, 3.05) is 13.2 Å². The van der Waals surface area contributed by atoms with E-state index in [1.165, 1.54) is 0 Å². The number of ether oxygens (including phenoxy) is 2. The van der Waals surface area contributed by atoms with Gasteiger partial charge in [0.15, 0.2) is 6.61 Å². The Labute approximate surface area is 151 Å². The standard InChI is InChI=1S/C18H19ClN2O4/c1-3-24-14-7-5-13(6-8-14)18(23)21-20-17(22)11-25-16-10-12(2)4-9-15(16)19/h4-10H,3,11H2,1-2H3,(H,20,22)(H,21,23). The number of benzene rings is 2. The van der Waals surface area contributed by atoms with Gasteiger partial charge in [0.25, 0.3) is 11.8 Å². The second kappa shape index (κ2) is 8.94. The summed E-state index contributed by atoms with van der Waals surface area (Å²) in [6.45, 7) is 4.04. The molecule has 2 N–H and O–H groups in total. The van der Waals surface area contributed by atoms with E-state index in [1.807, 2.05) is 19.9 Å². The summed E-state index contributed by atoms with van der Waals surface area (Å²) in [6.07, 6.45) is 0. The molecule has 0 spiro atoms. The van der Waals surface area contributed by atoms with Gasteiger partial charge in [-0.05, 0) is 55.8 Å². The molecule has 0 heterocycles. The molecule has 7 heteroatoms. The van der Waals surface area contributed by atoms with Crippen molar-refractivity contribution in [3.05, 3.63) is 58.6 Å². The van der Waals surface area contributed by atoms with Crippen molar-refractivity contribution in [2.24, 2.45) is 0 Å². The van der Waals surface area contributed by atoms with Crippen LogP contribution in [0.3, 0.4) is 0 Å². The molecule has 0 aliphatic heterocycles. The first-order valence-corrected chi connectivity index (χ1v) is 8.08. The molecule has 6 nitrogen and oxygen atoms in total. The highest BCUT2D eigenvalue weighted by Gasteiger charge is 2.09. The van der Waals surface area contributed by atoms with Crippen molar-refractivity contribution < 1.29 is 19.1 Å². The minimum Gasteiger partial charge on any atom is -0.494 e. The van der Waals surface area contributed by atoms with Gasteiger partial charge >= 0.3 is 0 Å². The first-order chi connectivity index (χ1) is 12.0. The molecule has 2 rings (SSSR count). The summed E-state index contributed by atoms with van der Waals surface area (Å²) < 4.78 is 10.7. The Balaban J connectivity index is 1.81. The lowest BCUT2D eigenvalue weighted by atomic mass is 10.2. The number of carbonyl (C=O) groups is 2. The van der Waals surface area contributed by atoms with E-state index in [-0.39, 0.29) is 6.61 Å². The van der Waals surface area contributed by atoms with Crippen molar-refractivity contribution in [1.29, 1.82) is 0 Å². The quantitative estimate of drug-likeness (QED) is 0.775. The fourth-order valence-electron chi connectivity index (χ4n) is 1.97. The molecule has 0 bridgehead atoms. The fraction of sp³-hybridized carbons (Fsp3) is 0.222. The first-order valence-electron chi connectivity index (χ1n) is 7.70. The van der Waals surface area contributed by atoms with Crippen LogP contribution in [0.4, 0.5) is 0 Å². The van der Waals surface area contributed by atoms with Crippen LogP contribution in [0.25, 0.3) is 0 Å². The normalized spacial score (nSPS) is 10.0. The van der Waals surface area contributed by atoms with E-state index < -0.39 is 11.8 Å². The molecule has 0 aromatic heterocycles. The monoisotopic (exact) mass is 362 g/mol. The van der Waals surface area contributed by atoms with Crippen molar-refractivity contribution in [3.8, 4) is 11.5 Å². The SMILES string of the molecule is CCOc1ccc(C(=O)NNC(=O)COc2cc(C)ccc2Cl)cc1. The van der Waals surface area contributed by atoms with Gasteiger partial charge in [-0.1, -0.05) is 17.7 Å². The van der Waals surface area contributed by atoms with Gasteiger partial charge < -0.3 is 9.47 Å². The Kier molecular flexibility index (Phi) is 6.65. The van der Waals surface area contributed by atoms with Crippen LogP contribution in [0.2, 0.25) is 5.02 Å². The summed E-state index contributed by atoms with van der Waals surface area (Å²) in [4.78, 5) is 23.7. The van der Waals surface area contributed by atoms with E-state index in [0.29, 0.717) is 28.7 Å². The Bertz CT molecular complexity index is 747. The third-order valence-electron chi connectivity index (χ3n) is 3.19. The molecule has 2 aromatic carbocycles. The smallest absolute Gasteiger partial charge is 0.276 e. The molecule has 0 saturated heterocycles. The van der Waals surface area contributed by atoms with Gasteiger partial charge in [0.2, 0.25) is 0 Å². The maximum Gasteiger partial charge on any atom is 0.276 e. The average Bonchev–Trinajstić information content (AvgIpc) is 2.61. The van der Waals surface area contributed by atoms with Crippen LogP contribution in [-0.4, -0.2) is 25.0 Å². The lowest BCUT2D eigenvalue weighted by Gasteiger charge is -2.10. The minimum atomic E-state index is -0.503. The van der Waals surface area contributed by atoms with Crippen molar-refractivity contribution in [2.45, 2.75) is 13.8 Å². The molecule has 0 aliphatic carbocycles. The van der Waals surface area contributed by atoms with Crippen LogP contribution >= 0.6 is 11.6 Å². The summed E-state index contributed by atoms with van der Waals surface area (Å²) in [5, 5.41) is 0.414. The molecule has 132 valence electrons. The zero-order valence-corrected chi connectivity index (χ0v) is 14.7. The molecular weight excluding hydrogens is 344 g/mol. The number of aryl methyl sites for hydroxylation is 1. The van der Waals surface area contributed by atoms with Gasteiger partial charge in [0.1, 0.15) is 11.5 Å². The number of hydrogen-bond donors (Lipinski definition) is 2. The second-order valence-electron chi connectivity index (χ2n) is 5.18. The van der Waals surface area contributed by atoms with Crippen LogP contribution < -0.4 is 20.3 Å². The van der Waals surface area contributed by atoms with E-state index in [9.17, 15) is 9.59 Å². The van der Waals surface area contributed by atoms with E-state index in [1.54, 1.807) is 36.4 Å². The Hall–Kier alpha value is -2.73. The summed E-state index contributed by atoms with van der Waals surface area (Å²) in [6, 6.07) is 11.8. The molecule has 0 fully saturated rings. The summed E-state index contributed by atoms with van der Waals surface area (Å²) in [5.41, 5.74) is 5.96. The lowest BCUT2D eigenvalue weighted by molar-refractivity contribution is -0.123. The van der Waals surface area contributed by atoms with Gasteiger partial charge in [-0.15, -0.1) is 0 Å². The Morgan fingerprint density at radius 3 is 2.44 bits per heavy atom.